The quantitative estimate of drug-likeness (QED) is 0.857. The summed E-state index contributed by atoms with van der Waals surface area (Å²) in [5.74, 6) is 1.31. The van der Waals surface area contributed by atoms with Crippen molar-refractivity contribution in [3.8, 4) is 11.6 Å². The van der Waals surface area contributed by atoms with Crippen LogP contribution in [-0.2, 0) is 6.61 Å². The molecule has 0 spiro atoms. The minimum atomic E-state index is 0.335. The first-order valence-electron chi connectivity index (χ1n) is 6.12. The maximum Gasteiger partial charge on any atom is 0.214 e. The van der Waals surface area contributed by atoms with E-state index in [0.29, 0.717) is 17.5 Å². The topological polar surface area (TPSA) is 57.4 Å². The van der Waals surface area contributed by atoms with Gasteiger partial charge < -0.3 is 15.2 Å². The zero-order valence-corrected chi connectivity index (χ0v) is 12.2. The van der Waals surface area contributed by atoms with Crippen LogP contribution in [0.4, 0.5) is 0 Å². The van der Waals surface area contributed by atoms with E-state index in [1.807, 2.05) is 37.3 Å². The lowest BCUT2D eigenvalue weighted by Gasteiger charge is -2.09. The molecule has 1 aromatic carbocycles. The molecule has 0 saturated heterocycles. The van der Waals surface area contributed by atoms with E-state index >= 15 is 0 Å². The summed E-state index contributed by atoms with van der Waals surface area (Å²) in [5, 5.41) is 0. The second-order valence-electron chi connectivity index (χ2n) is 4.34. The molecule has 2 N–H and O–H groups in total. The number of benzene rings is 1. The summed E-state index contributed by atoms with van der Waals surface area (Å²) in [5.41, 5.74) is 8.21. The molecule has 2 rings (SSSR count). The largest absolute Gasteiger partial charge is 0.497 e. The zero-order valence-electron chi connectivity index (χ0n) is 11.4. The number of methoxy groups -OCH3 is 1. The van der Waals surface area contributed by atoms with Gasteiger partial charge in [-0.05, 0) is 30.7 Å². The van der Waals surface area contributed by atoms with Crippen LogP contribution in [0, 0.1) is 6.92 Å². The van der Waals surface area contributed by atoms with Crippen molar-refractivity contribution in [2.75, 3.05) is 7.11 Å². The predicted molar refractivity (Wildman–Crippen MR) is 82.2 cm³/mol. The van der Waals surface area contributed by atoms with E-state index in [1.165, 1.54) is 0 Å². The van der Waals surface area contributed by atoms with Crippen molar-refractivity contribution >= 4 is 17.2 Å². The maximum atomic E-state index is 5.68. The Labute approximate surface area is 123 Å². The van der Waals surface area contributed by atoms with E-state index in [0.717, 1.165) is 22.6 Å². The zero-order chi connectivity index (χ0) is 14.5. The first-order chi connectivity index (χ1) is 9.58. The first kappa shape index (κ1) is 14.3. The van der Waals surface area contributed by atoms with Gasteiger partial charge in [-0.3, -0.25) is 0 Å². The van der Waals surface area contributed by atoms with E-state index in [2.05, 4.69) is 4.98 Å². The Hall–Kier alpha value is -2.14. The summed E-state index contributed by atoms with van der Waals surface area (Å²) in [6.07, 6.45) is 0. The minimum Gasteiger partial charge on any atom is -0.497 e. The molecule has 104 valence electrons. The summed E-state index contributed by atoms with van der Waals surface area (Å²) in [4.78, 5) is 4.64. The normalized spacial score (nSPS) is 10.1. The van der Waals surface area contributed by atoms with Gasteiger partial charge in [0.25, 0.3) is 0 Å². The fourth-order valence-corrected chi connectivity index (χ4v) is 1.89. The summed E-state index contributed by atoms with van der Waals surface area (Å²) in [6.45, 7) is 2.28. The average molecular weight is 288 g/mol. The summed E-state index contributed by atoms with van der Waals surface area (Å²) < 4.78 is 10.9. The Kier molecular flexibility index (Phi) is 4.53. The molecule has 0 bridgehead atoms. The van der Waals surface area contributed by atoms with Crippen molar-refractivity contribution in [2.24, 2.45) is 5.73 Å². The standard InChI is InChI=1S/C15H16N2O2S/c1-10-6-12(15(16)20)8-14(17-10)19-9-11-4-3-5-13(7-11)18-2/h3-8H,9H2,1-2H3,(H2,16,20). The fraction of sp³-hybridized carbons (Fsp3) is 0.200. The highest BCUT2D eigenvalue weighted by Crippen LogP contribution is 2.17. The van der Waals surface area contributed by atoms with Gasteiger partial charge in [-0.15, -0.1) is 0 Å². The highest BCUT2D eigenvalue weighted by molar-refractivity contribution is 7.80. The third-order valence-corrected chi connectivity index (χ3v) is 2.97. The number of hydrogen-bond donors (Lipinski definition) is 1. The Balaban J connectivity index is 2.12. The number of hydrogen-bond acceptors (Lipinski definition) is 4. The van der Waals surface area contributed by atoms with Crippen molar-refractivity contribution < 1.29 is 9.47 Å². The molecule has 0 atom stereocenters. The fourth-order valence-electron chi connectivity index (χ4n) is 1.77. The average Bonchev–Trinajstić information content (AvgIpc) is 2.44. The number of pyridine rings is 1. The van der Waals surface area contributed by atoms with Crippen molar-refractivity contribution in [1.82, 2.24) is 4.98 Å². The van der Waals surface area contributed by atoms with Gasteiger partial charge in [-0.2, -0.15) is 0 Å². The van der Waals surface area contributed by atoms with Gasteiger partial charge in [0.05, 0.1) is 7.11 Å². The number of rotatable bonds is 5. The van der Waals surface area contributed by atoms with Gasteiger partial charge in [0.2, 0.25) is 5.88 Å². The summed E-state index contributed by atoms with van der Waals surface area (Å²) in [7, 11) is 1.64. The van der Waals surface area contributed by atoms with Crippen molar-refractivity contribution in [2.45, 2.75) is 13.5 Å². The number of thiocarbonyl (C=S) groups is 1. The number of aryl methyl sites for hydroxylation is 1. The van der Waals surface area contributed by atoms with Crippen LogP contribution in [-0.4, -0.2) is 17.1 Å². The summed E-state index contributed by atoms with van der Waals surface area (Å²) in [6, 6.07) is 11.3. The van der Waals surface area contributed by atoms with E-state index in [9.17, 15) is 0 Å². The second-order valence-corrected chi connectivity index (χ2v) is 4.78. The summed E-state index contributed by atoms with van der Waals surface area (Å²) >= 11 is 4.97. The lowest BCUT2D eigenvalue weighted by atomic mass is 10.2. The maximum absolute atomic E-state index is 5.68. The van der Waals surface area contributed by atoms with Gasteiger partial charge in [0.1, 0.15) is 17.3 Å². The number of nitrogens with zero attached hydrogens (tertiary/aromatic N) is 1. The van der Waals surface area contributed by atoms with Gasteiger partial charge in [0.15, 0.2) is 0 Å². The van der Waals surface area contributed by atoms with Gasteiger partial charge in [-0.25, -0.2) is 4.98 Å². The molecule has 0 unspecified atom stereocenters. The SMILES string of the molecule is COc1cccc(COc2cc(C(N)=S)cc(C)n2)c1. The molecule has 0 aliphatic carbocycles. The molecule has 1 heterocycles. The predicted octanol–water partition coefficient (Wildman–Crippen LogP) is 2.61. The third-order valence-electron chi connectivity index (χ3n) is 2.74. The minimum absolute atomic E-state index is 0.335. The molecule has 0 aliphatic rings. The van der Waals surface area contributed by atoms with Crippen LogP contribution in [0.2, 0.25) is 0 Å². The van der Waals surface area contributed by atoms with Crippen LogP contribution >= 0.6 is 12.2 Å². The van der Waals surface area contributed by atoms with Gasteiger partial charge in [-0.1, -0.05) is 24.4 Å². The molecule has 5 heteroatoms. The molecule has 2 aromatic rings. The van der Waals surface area contributed by atoms with Crippen molar-refractivity contribution in [3.63, 3.8) is 0 Å². The molecular formula is C15H16N2O2S. The van der Waals surface area contributed by atoms with Crippen LogP contribution in [0.15, 0.2) is 36.4 Å². The number of nitrogens with two attached hydrogens (primary N) is 1. The molecule has 0 amide bonds. The molecule has 0 saturated carbocycles. The monoisotopic (exact) mass is 288 g/mol. The van der Waals surface area contributed by atoms with Crippen LogP contribution in [0.1, 0.15) is 16.8 Å². The van der Waals surface area contributed by atoms with E-state index < -0.39 is 0 Å². The molecule has 0 aliphatic heterocycles. The Morgan fingerprint density at radius 3 is 2.80 bits per heavy atom. The van der Waals surface area contributed by atoms with E-state index in [4.69, 9.17) is 27.4 Å². The number of ether oxygens (including phenoxy) is 2. The van der Waals surface area contributed by atoms with Crippen LogP contribution in [0.3, 0.4) is 0 Å². The molecular weight excluding hydrogens is 272 g/mol. The molecule has 0 fully saturated rings. The Morgan fingerprint density at radius 2 is 2.10 bits per heavy atom. The van der Waals surface area contributed by atoms with Crippen LogP contribution in [0.25, 0.3) is 0 Å². The van der Waals surface area contributed by atoms with Gasteiger partial charge in [0, 0.05) is 17.3 Å². The van der Waals surface area contributed by atoms with Crippen LogP contribution in [0.5, 0.6) is 11.6 Å². The Morgan fingerprint density at radius 1 is 1.30 bits per heavy atom. The van der Waals surface area contributed by atoms with Crippen molar-refractivity contribution in [1.29, 1.82) is 0 Å². The van der Waals surface area contributed by atoms with Crippen LogP contribution < -0.4 is 15.2 Å². The molecule has 4 nitrogen and oxygen atoms in total. The van der Waals surface area contributed by atoms with E-state index in [-0.39, 0.29) is 0 Å². The third kappa shape index (κ3) is 3.68. The number of aromatic nitrogens is 1. The lowest BCUT2D eigenvalue weighted by Crippen LogP contribution is -2.10. The van der Waals surface area contributed by atoms with Gasteiger partial charge >= 0.3 is 0 Å². The highest BCUT2D eigenvalue weighted by atomic mass is 32.1. The molecule has 20 heavy (non-hydrogen) atoms. The second kappa shape index (κ2) is 6.34. The molecule has 0 radical (unpaired) electrons. The van der Waals surface area contributed by atoms with Crippen molar-refractivity contribution in [3.05, 3.63) is 53.2 Å². The smallest absolute Gasteiger partial charge is 0.214 e. The first-order valence-corrected chi connectivity index (χ1v) is 6.53. The Bertz CT molecular complexity index is 629. The van der Waals surface area contributed by atoms with E-state index in [1.54, 1.807) is 13.2 Å². The lowest BCUT2D eigenvalue weighted by molar-refractivity contribution is 0.292. The molecule has 1 aromatic heterocycles. The highest BCUT2D eigenvalue weighted by Gasteiger charge is 2.04.